The Hall–Kier alpha value is -8.72. The van der Waals surface area contributed by atoms with Crippen LogP contribution in [0.15, 0.2) is 267 Å². The molecule has 0 bridgehead atoms. The van der Waals surface area contributed by atoms with Crippen LogP contribution in [-0.4, -0.2) is 4.57 Å². The zero-order valence-electron chi connectivity index (χ0n) is 36.3. The Morgan fingerprint density at radius 3 is 1.41 bits per heavy atom. The Kier molecular flexibility index (Phi) is 9.89. The number of para-hydroxylation sites is 2. The molecular weight excluding hydrogens is 797 g/mol. The lowest BCUT2D eigenvalue weighted by atomic mass is 9.94. The van der Waals surface area contributed by atoms with Gasteiger partial charge in [-0.05, 0) is 133 Å². The highest BCUT2D eigenvalue weighted by molar-refractivity contribution is 6.17. The zero-order valence-corrected chi connectivity index (χ0v) is 36.3. The van der Waals surface area contributed by atoms with Crippen LogP contribution in [0.1, 0.15) is 0 Å². The minimum Gasteiger partial charge on any atom is -0.310 e. The van der Waals surface area contributed by atoms with E-state index in [9.17, 15) is 0 Å². The van der Waals surface area contributed by atoms with Crippen LogP contribution in [0.4, 0.5) is 17.1 Å². The van der Waals surface area contributed by atoms with Gasteiger partial charge in [-0.1, -0.05) is 200 Å². The summed E-state index contributed by atoms with van der Waals surface area (Å²) in [5, 5.41) is 4.96. The molecule has 1 aromatic heterocycles. The molecule has 0 aliphatic rings. The molecule has 0 unspecified atom stereocenters. The van der Waals surface area contributed by atoms with Crippen molar-refractivity contribution < 1.29 is 0 Å². The van der Waals surface area contributed by atoms with Crippen molar-refractivity contribution in [2.75, 3.05) is 4.90 Å². The largest absolute Gasteiger partial charge is 0.310 e. The third-order valence-electron chi connectivity index (χ3n) is 13.0. The van der Waals surface area contributed by atoms with Crippen molar-refractivity contribution in [2.45, 2.75) is 0 Å². The molecule has 2 heteroatoms. The average Bonchev–Trinajstić information content (AvgIpc) is 3.74. The molecule has 0 saturated heterocycles. The number of hydrogen-bond donors (Lipinski definition) is 0. The maximum Gasteiger partial charge on any atom is 0.0553 e. The van der Waals surface area contributed by atoms with Crippen molar-refractivity contribution in [1.29, 1.82) is 0 Å². The number of fused-ring (bicyclic) bond motifs is 4. The Bertz CT molecular complexity index is 3640. The quantitative estimate of drug-likeness (QED) is 0.141. The van der Waals surface area contributed by atoms with Gasteiger partial charge in [0.15, 0.2) is 0 Å². The number of benzene rings is 11. The van der Waals surface area contributed by atoms with Crippen molar-refractivity contribution in [3.8, 4) is 61.3 Å². The lowest BCUT2D eigenvalue weighted by Crippen LogP contribution is -2.10. The second-order valence-electron chi connectivity index (χ2n) is 16.9. The Morgan fingerprint density at radius 1 is 0.258 bits per heavy atom. The maximum atomic E-state index is 2.42. The van der Waals surface area contributed by atoms with Crippen LogP contribution >= 0.6 is 0 Å². The molecule has 310 valence electrons. The number of aromatic nitrogens is 1. The Balaban J connectivity index is 1.01. The van der Waals surface area contributed by atoms with E-state index < -0.39 is 0 Å². The highest BCUT2D eigenvalue weighted by Gasteiger charge is 2.20. The van der Waals surface area contributed by atoms with Crippen LogP contribution in [0, 0.1) is 0 Å². The van der Waals surface area contributed by atoms with Gasteiger partial charge < -0.3 is 9.47 Å². The molecule has 0 fully saturated rings. The normalized spacial score (nSPS) is 11.3. The van der Waals surface area contributed by atoms with E-state index in [2.05, 4.69) is 276 Å². The molecule has 0 amide bonds. The van der Waals surface area contributed by atoms with Gasteiger partial charge in [0.1, 0.15) is 0 Å². The summed E-state index contributed by atoms with van der Waals surface area (Å²) in [4.78, 5) is 2.39. The van der Waals surface area contributed by atoms with Crippen molar-refractivity contribution in [1.82, 2.24) is 4.57 Å². The summed E-state index contributed by atoms with van der Waals surface area (Å²) >= 11 is 0. The minimum atomic E-state index is 1.08. The summed E-state index contributed by atoms with van der Waals surface area (Å²) in [7, 11) is 0. The maximum absolute atomic E-state index is 2.42. The van der Waals surface area contributed by atoms with Crippen molar-refractivity contribution in [3.05, 3.63) is 267 Å². The zero-order chi connectivity index (χ0) is 43.8. The van der Waals surface area contributed by atoms with Crippen LogP contribution in [0.5, 0.6) is 0 Å². The SMILES string of the molecule is c1ccc(-c2ccc(-c3ccc(N(c4ccc(-c5cccc6ccccc56)cc4)c4cccc(-c5cc(-c6ccccc6)cc6c5c5ccccc5n6-c5ccccc5)c4)cc3)cc2)cc1. The topological polar surface area (TPSA) is 8.17 Å². The van der Waals surface area contributed by atoms with Crippen molar-refractivity contribution in [3.63, 3.8) is 0 Å². The summed E-state index contributed by atoms with van der Waals surface area (Å²) in [6.45, 7) is 0. The fraction of sp³-hybridized carbons (Fsp3) is 0. The third kappa shape index (κ3) is 7.12. The van der Waals surface area contributed by atoms with Gasteiger partial charge in [-0.2, -0.15) is 0 Å². The van der Waals surface area contributed by atoms with Crippen LogP contribution in [0.2, 0.25) is 0 Å². The van der Waals surface area contributed by atoms with Gasteiger partial charge in [0.2, 0.25) is 0 Å². The first-order chi connectivity index (χ1) is 32.7. The summed E-state index contributed by atoms with van der Waals surface area (Å²) < 4.78 is 2.42. The number of nitrogens with zero attached hydrogens (tertiary/aromatic N) is 2. The Morgan fingerprint density at radius 2 is 0.742 bits per heavy atom. The molecule has 0 spiro atoms. The molecule has 0 radical (unpaired) electrons. The first-order valence-corrected chi connectivity index (χ1v) is 22.7. The molecule has 12 rings (SSSR count). The smallest absolute Gasteiger partial charge is 0.0553 e. The van der Waals surface area contributed by atoms with E-state index in [4.69, 9.17) is 0 Å². The third-order valence-corrected chi connectivity index (χ3v) is 13.0. The van der Waals surface area contributed by atoms with Gasteiger partial charge in [0.05, 0.1) is 11.0 Å². The van der Waals surface area contributed by atoms with E-state index in [1.54, 1.807) is 0 Å². The first kappa shape index (κ1) is 38.9. The highest BCUT2D eigenvalue weighted by atomic mass is 15.1. The van der Waals surface area contributed by atoms with E-state index in [0.717, 1.165) is 28.3 Å². The second-order valence-corrected chi connectivity index (χ2v) is 16.9. The fourth-order valence-electron chi connectivity index (χ4n) is 9.79. The lowest BCUT2D eigenvalue weighted by Gasteiger charge is -2.26. The second kappa shape index (κ2) is 16.8. The van der Waals surface area contributed by atoms with Gasteiger partial charge in [-0.15, -0.1) is 0 Å². The molecule has 1 heterocycles. The van der Waals surface area contributed by atoms with Crippen molar-refractivity contribution in [2.24, 2.45) is 0 Å². The van der Waals surface area contributed by atoms with Crippen molar-refractivity contribution >= 4 is 49.6 Å². The minimum absolute atomic E-state index is 1.08. The molecule has 0 aliphatic heterocycles. The predicted octanol–water partition coefficient (Wildman–Crippen LogP) is 17.7. The van der Waals surface area contributed by atoms with E-state index in [1.807, 2.05) is 0 Å². The molecular formula is C64H44N2. The number of hydrogen-bond acceptors (Lipinski definition) is 1. The first-order valence-electron chi connectivity index (χ1n) is 22.7. The molecule has 12 aromatic rings. The average molecular weight is 841 g/mol. The van der Waals surface area contributed by atoms with Crippen LogP contribution in [0.25, 0.3) is 93.9 Å². The molecule has 0 atom stereocenters. The van der Waals surface area contributed by atoms with Gasteiger partial charge in [0, 0.05) is 33.5 Å². The molecule has 66 heavy (non-hydrogen) atoms. The van der Waals surface area contributed by atoms with Crippen LogP contribution < -0.4 is 4.90 Å². The summed E-state index contributed by atoms with van der Waals surface area (Å²) in [5.41, 5.74) is 18.7. The number of anilines is 3. The fourth-order valence-corrected chi connectivity index (χ4v) is 9.79. The summed E-state index contributed by atoms with van der Waals surface area (Å²) in [6.07, 6.45) is 0. The predicted molar refractivity (Wildman–Crippen MR) is 280 cm³/mol. The standard InChI is InChI=1S/C64H44N2/c1-4-16-45(17-5-1)47-30-32-48(33-31-47)49-34-38-55(39-35-49)65(56-40-36-51(37-41-56)59-28-15-21-50-20-10-11-26-58(50)59)57-25-14-22-52(42-57)61-43-53(46-18-6-2-7-19-46)44-63-64(61)60-27-12-13-29-62(60)66(63)54-23-8-3-9-24-54/h1-44H. The monoisotopic (exact) mass is 840 g/mol. The van der Waals surface area contributed by atoms with E-state index >= 15 is 0 Å². The molecule has 2 nitrogen and oxygen atoms in total. The van der Waals surface area contributed by atoms with Gasteiger partial charge in [0.25, 0.3) is 0 Å². The molecule has 0 saturated carbocycles. The van der Waals surface area contributed by atoms with Gasteiger partial charge in [-0.3, -0.25) is 0 Å². The highest BCUT2D eigenvalue weighted by Crippen LogP contribution is 2.44. The molecule has 0 N–H and O–H groups in total. The van der Waals surface area contributed by atoms with Crippen LogP contribution in [0.3, 0.4) is 0 Å². The molecule has 11 aromatic carbocycles. The molecule has 0 aliphatic carbocycles. The summed E-state index contributed by atoms with van der Waals surface area (Å²) in [5.74, 6) is 0. The number of rotatable bonds is 9. The van der Waals surface area contributed by atoms with Crippen LogP contribution in [-0.2, 0) is 0 Å². The Labute approximate surface area is 385 Å². The summed E-state index contributed by atoms with van der Waals surface area (Å²) in [6, 6.07) is 96.9. The van der Waals surface area contributed by atoms with E-state index in [1.165, 1.54) is 82.6 Å². The van der Waals surface area contributed by atoms with Gasteiger partial charge in [-0.25, -0.2) is 0 Å². The van der Waals surface area contributed by atoms with E-state index in [-0.39, 0.29) is 0 Å². The van der Waals surface area contributed by atoms with Gasteiger partial charge >= 0.3 is 0 Å². The van der Waals surface area contributed by atoms with E-state index in [0.29, 0.717) is 0 Å². The lowest BCUT2D eigenvalue weighted by molar-refractivity contribution is 1.18.